The minimum atomic E-state index is -0.355. The zero-order valence-electron chi connectivity index (χ0n) is 19.2. The van der Waals surface area contributed by atoms with Gasteiger partial charge in [-0.3, -0.25) is 4.79 Å². The van der Waals surface area contributed by atoms with Crippen molar-refractivity contribution in [3.63, 3.8) is 0 Å². The van der Waals surface area contributed by atoms with E-state index in [1.165, 1.54) is 31.4 Å². The first-order valence-corrected chi connectivity index (χ1v) is 12.3. The molecule has 6 heteroatoms. The Morgan fingerprint density at radius 2 is 1.73 bits per heavy atom. The second kappa shape index (κ2) is 9.54. The third kappa shape index (κ3) is 4.48. The van der Waals surface area contributed by atoms with E-state index in [9.17, 15) is 9.18 Å². The Hall–Kier alpha value is -2.89. The van der Waals surface area contributed by atoms with Gasteiger partial charge in [-0.05, 0) is 68.0 Å². The Morgan fingerprint density at radius 1 is 1.03 bits per heavy atom. The standard InChI is InChI=1S/C27H32FN3O2/c1-33-22-15-16-23-24(17-22)31(26(30-23)19-11-13-20(28)14-12-19)25(18-7-5-6-8-18)27(32)29-21-9-3-2-4-10-21/h11-18,21,25H,2-10H2,1H3,(H,29,32). The maximum Gasteiger partial charge on any atom is 0.243 e. The van der Waals surface area contributed by atoms with E-state index in [1.807, 2.05) is 18.2 Å². The number of carbonyl (C=O) groups excluding carboxylic acids is 1. The van der Waals surface area contributed by atoms with Crippen LogP contribution in [-0.4, -0.2) is 28.6 Å². The average Bonchev–Trinajstić information content (AvgIpc) is 3.49. The maximum absolute atomic E-state index is 13.9. The van der Waals surface area contributed by atoms with E-state index in [1.54, 1.807) is 19.2 Å². The van der Waals surface area contributed by atoms with Gasteiger partial charge in [0.2, 0.25) is 5.91 Å². The van der Waals surface area contributed by atoms with Crippen LogP contribution in [0.1, 0.15) is 63.8 Å². The molecule has 5 nitrogen and oxygen atoms in total. The van der Waals surface area contributed by atoms with E-state index in [2.05, 4.69) is 9.88 Å². The number of carbonyl (C=O) groups is 1. The topological polar surface area (TPSA) is 56.2 Å². The van der Waals surface area contributed by atoms with Gasteiger partial charge in [0.15, 0.2) is 0 Å². The number of hydrogen-bond acceptors (Lipinski definition) is 3. The summed E-state index contributed by atoms with van der Waals surface area (Å²) in [6.07, 6.45) is 10.0. The predicted molar refractivity (Wildman–Crippen MR) is 128 cm³/mol. The largest absolute Gasteiger partial charge is 0.497 e. The van der Waals surface area contributed by atoms with Gasteiger partial charge in [0.05, 0.1) is 18.1 Å². The van der Waals surface area contributed by atoms with Gasteiger partial charge in [-0.2, -0.15) is 0 Å². The van der Waals surface area contributed by atoms with Crippen LogP contribution in [0.5, 0.6) is 5.75 Å². The Kier molecular flexibility index (Phi) is 6.34. The normalized spacial score (nSPS) is 18.5. The van der Waals surface area contributed by atoms with Gasteiger partial charge in [-0.15, -0.1) is 0 Å². The lowest BCUT2D eigenvalue weighted by molar-refractivity contribution is -0.126. The lowest BCUT2D eigenvalue weighted by Crippen LogP contribution is -2.43. The summed E-state index contributed by atoms with van der Waals surface area (Å²) in [6, 6.07) is 12.1. The Bertz CT molecular complexity index is 1110. The number of aromatic nitrogens is 2. The quantitative estimate of drug-likeness (QED) is 0.500. The Balaban J connectivity index is 1.64. The van der Waals surface area contributed by atoms with E-state index in [0.29, 0.717) is 5.82 Å². The molecule has 5 rings (SSSR count). The third-order valence-electron chi connectivity index (χ3n) is 7.34. The second-order valence-corrected chi connectivity index (χ2v) is 9.50. The molecule has 1 aromatic heterocycles. The zero-order valence-corrected chi connectivity index (χ0v) is 19.2. The summed E-state index contributed by atoms with van der Waals surface area (Å²) in [7, 11) is 1.65. The van der Waals surface area contributed by atoms with Crippen molar-refractivity contribution in [1.82, 2.24) is 14.9 Å². The molecule has 0 radical (unpaired) electrons. The number of nitrogens with one attached hydrogen (secondary N) is 1. The number of imidazole rings is 1. The predicted octanol–water partition coefficient (Wildman–Crippen LogP) is 6.03. The molecule has 2 aromatic carbocycles. The molecule has 2 saturated carbocycles. The molecule has 1 N–H and O–H groups in total. The van der Waals surface area contributed by atoms with Gasteiger partial charge >= 0.3 is 0 Å². The highest BCUT2D eigenvalue weighted by Crippen LogP contribution is 2.40. The van der Waals surface area contributed by atoms with Crippen molar-refractivity contribution in [3.05, 3.63) is 48.3 Å². The Morgan fingerprint density at radius 3 is 2.42 bits per heavy atom. The highest BCUT2D eigenvalue weighted by atomic mass is 19.1. The molecule has 2 aliphatic carbocycles. The molecule has 1 amide bonds. The summed E-state index contributed by atoms with van der Waals surface area (Å²) >= 11 is 0. The van der Waals surface area contributed by atoms with Gasteiger partial charge in [-0.1, -0.05) is 32.1 Å². The number of benzene rings is 2. The smallest absolute Gasteiger partial charge is 0.243 e. The third-order valence-corrected chi connectivity index (χ3v) is 7.34. The van der Waals surface area contributed by atoms with Gasteiger partial charge in [0, 0.05) is 17.7 Å². The molecule has 0 aliphatic heterocycles. The lowest BCUT2D eigenvalue weighted by Gasteiger charge is -2.30. The second-order valence-electron chi connectivity index (χ2n) is 9.50. The number of halogens is 1. The molecular weight excluding hydrogens is 417 g/mol. The fourth-order valence-corrected chi connectivity index (χ4v) is 5.63. The molecule has 0 spiro atoms. The summed E-state index contributed by atoms with van der Waals surface area (Å²) in [5, 5.41) is 3.39. The molecule has 2 aliphatic rings. The molecule has 2 fully saturated rings. The van der Waals surface area contributed by atoms with Gasteiger partial charge in [-0.25, -0.2) is 9.37 Å². The van der Waals surface area contributed by atoms with Crippen LogP contribution in [-0.2, 0) is 4.79 Å². The number of rotatable bonds is 6. The van der Waals surface area contributed by atoms with Crippen molar-refractivity contribution in [1.29, 1.82) is 0 Å². The average molecular weight is 450 g/mol. The van der Waals surface area contributed by atoms with Crippen molar-refractivity contribution in [2.75, 3.05) is 7.11 Å². The van der Waals surface area contributed by atoms with E-state index in [4.69, 9.17) is 9.72 Å². The number of amides is 1. The van der Waals surface area contributed by atoms with Crippen LogP contribution in [0.15, 0.2) is 42.5 Å². The van der Waals surface area contributed by atoms with Gasteiger partial charge < -0.3 is 14.6 Å². The van der Waals surface area contributed by atoms with Crippen molar-refractivity contribution >= 4 is 16.9 Å². The van der Waals surface area contributed by atoms with Crippen LogP contribution in [0, 0.1) is 11.7 Å². The summed E-state index contributed by atoms with van der Waals surface area (Å²) < 4.78 is 21.3. The number of fused-ring (bicyclic) bond motifs is 1. The van der Waals surface area contributed by atoms with E-state index in [0.717, 1.165) is 60.9 Å². The van der Waals surface area contributed by atoms with E-state index >= 15 is 0 Å². The van der Waals surface area contributed by atoms with Crippen LogP contribution in [0.25, 0.3) is 22.4 Å². The van der Waals surface area contributed by atoms with E-state index < -0.39 is 0 Å². The highest BCUT2D eigenvalue weighted by molar-refractivity contribution is 5.88. The molecular formula is C27H32FN3O2. The molecule has 3 aromatic rings. The fraction of sp³-hybridized carbons (Fsp3) is 0.481. The SMILES string of the molecule is COc1ccc2nc(-c3ccc(F)cc3)n(C(C(=O)NC3CCCCC3)C3CCCC3)c2c1. The van der Waals surface area contributed by atoms with Gasteiger partial charge in [0.25, 0.3) is 0 Å². The van der Waals surface area contributed by atoms with Crippen LogP contribution < -0.4 is 10.1 Å². The summed E-state index contributed by atoms with van der Waals surface area (Å²) in [5.41, 5.74) is 2.49. The first kappa shape index (κ1) is 21.9. The molecule has 1 atom stereocenters. The summed E-state index contributed by atoms with van der Waals surface area (Å²) in [6.45, 7) is 0. The van der Waals surface area contributed by atoms with Crippen molar-refractivity contribution in [3.8, 4) is 17.1 Å². The van der Waals surface area contributed by atoms with E-state index in [-0.39, 0.29) is 29.7 Å². The fourth-order valence-electron chi connectivity index (χ4n) is 5.63. The maximum atomic E-state index is 13.9. The highest BCUT2D eigenvalue weighted by Gasteiger charge is 2.36. The lowest BCUT2D eigenvalue weighted by atomic mass is 9.93. The minimum Gasteiger partial charge on any atom is -0.497 e. The monoisotopic (exact) mass is 449 g/mol. The molecule has 1 heterocycles. The minimum absolute atomic E-state index is 0.0827. The summed E-state index contributed by atoms with van der Waals surface area (Å²) in [5.74, 6) is 1.47. The number of nitrogens with zero attached hydrogens (tertiary/aromatic N) is 2. The van der Waals surface area contributed by atoms with Crippen molar-refractivity contribution in [2.24, 2.45) is 5.92 Å². The van der Waals surface area contributed by atoms with Crippen LogP contribution in [0.3, 0.4) is 0 Å². The molecule has 1 unspecified atom stereocenters. The number of hydrogen-bond donors (Lipinski definition) is 1. The number of methoxy groups -OCH3 is 1. The first-order chi connectivity index (χ1) is 16.1. The number of ether oxygens (including phenoxy) is 1. The molecule has 33 heavy (non-hydrogen) atoms. The van der Waals surface area contributed by atoms with Crippen molar-refractivity contribution < 1.29 is 13.9 Å². The molecule has 174 valence electrons. The first-order valence-electron chi connectivity index (χ1n) is 12.3. The zero-order chi connectivity index (χ0) is 22.8. The van der Waals surface area contributed by atoms with Crippen LogP contribution >= 0.6 is 0 Å². The molecule has 0 bridgehead atoms. The Labute approximate surface area is 194 Å². The molecule has 0 saturated heterocycles. The van der Waals surface area contributed by atoms with Crippen LogP contribution in [0.4, 0.5) is 4.39 Å². The van der Waals surface area contributed by atoms with Gasteiger partial charge in [0.1, 0.15) is 23.4 Å². The van der Waals surface area contributed by atoms with Crippen LogP contribution in [0.2, 0.25) is 0 Å². The van der Waals surface area contributed by atoms with Crippen molar-refractivity contribution in [2.45, 2.75) is 69.9 Å². The summed E-state index contributed by atoms with van der Waals surface area (Å²) in [4.78, 5) is 18.8.